The van der Waals surface area contributed by atoms with Gasteiger partial charge in [-0.3, -0.25) is 4.79 Å². The van der Waals surface area contributed by atoms with Crippen molar-refractivity contribution >= 4 is 5.97 Å². The van der Waals surface area contributed by atoms with Crippen molar-refractivity contribution in [2.75, 3.05) is 0 Å². The molecule has 0 amide bonds. The first-order valence-corrected chi connectivity index (χ1v) is 11.5. The van der Waals surface area contributed by atoms with Gasteiger partial charge in [0.15, 0.2) is 0 Å². The van der Waals surface area contributed by atoms with Crippen molar-refractivity contribution in [2.24, 2.45) is 10.8 Å². The third-order valence-corrected chi connectivity index (χ3v) is 6.47. The highest BCUT2D eigenvalue weighted by Gasteiger charge is 2.49. The molecule has 1 N–H and O–H groups in total. The van der Waals surface area contributed by atoms with Gasteiger partial charge in [0.1, 0.15) is 0 Å². The fraction of sp³-hybridized carbons (Fsp3) is 0.731. The summed E-state index contributed by atoms with van der Waals surface area (Å²) in [6.45, 7) is 11.5. The summed E-state index contributed by atoms with van der Waals surface area (Å²) in [5.41, 5.74) is 6.03. The number of hydrogen-bond donors (Lipinski definition) is 1. The number of aryl methyl sites for hydroxylation is 3. The Morgan fingerprint density at radius 2 is 1.61 bits per heavy atom. The number of carboxylic acid groups (broad SMARTS) is 1. The number of rotatable bonds is 12. The number of aliphatic carboxylic acids is 1. The van der Waals surface area contributed by atoms with Gasteiger partial charge < -0.3 is 5.11 Å². The molecule has 1 aliphatic rings. The zero-order valence-corrected chi connectivity index (χ0v) is 19.0. The van der Waals surface area contributed by atoms with Crippen molar-refractivity contribution in [3.63, 3.8) is 0 Å². The molecule has 0 aliphatic heterocycles. The van der Waals surface area contributed by atoms with Crippen LogP contribution < -0.4 is 0 Å². The molecule has 1 aliphatic carbocycles. The first-order valence-electron chi connectivity index (χ1n) is 11.5. The predicted molar refractivity (Wildman–Crippen MR) is 119 cm³/mol. The minimum absolute atomic E-state index is 0.349. The van der Waals surface area contributed by atoms with Gasteiger partial charge in [-0.2, -0.15) is 0 Å². The van der Waals surface area contributed by atoms with E-state index in [2.05, 4.69) is 46.8 Å². The molecule has 2 rings (SSSR count). The minimum Gasteiger partial charge on any atom is -0.481 e. The van der Waals surface area contributed by atoms with Crippen molar-refractivity contribution < 1.29 is 9.90 Å². The van der Waals surface area contributed by atoms with Crippen LogP contribution >= 0.6 is 0 Å². The van der Waals surface area contributed by atoms with E-state index in [0.717, 1.165) is 38.5 Å². The molecule has 0 saturated heterocycles. The molecule has 0 spiro atoms. The third kappa shape index (κ3) is 7.26. The van der Waals surface area contributed by atoms with Gasteiger partial charge in [0, 0.05) is 0 Å². The van der Waals surface area contributed by atoms with E-state index in [1.165, 1.54) is 55.2 Å². The van der Waals surface area contributed by atoms with Crippen LogP contribution in [0.25, 0.3) is 0 Å². The van der Waals surface area contributed by atoms with Gasteiger partial charge >= 0.3 is 5.97 Å². The van der Waals surface area contributed by atoms with Crippen LogP contribution in [0.2, 0.25) is 0 Å². The molecule has 2 nitrogen and oxygen atoms in total. The number of carboxylic acids is 1. The maximum Gasteiger partial charge on any atom is 0.309 e. The molecule has 158 valence electrons. The van der Waals surface area contributed by atoms with Crippen molar-refractivity contribution in [1.29, 1.82) is 0 Å². The predicted octanol–water partition coefficient (Wildman–Crippen LogP) is 7.42. The highest BCUT2D eigenvalue weighted by atomic mass is 16.4. The molecule has 1 saturated carbocycles. The van der Waals surface area contributed by atoms with E-state index in [0.29, 0.717) is 5.41 Å². The fourth-order valence-electron chi connectivity index (χ4n) is 4.48. The van der Waals surface area contributed by atoms with Crippen LogP contribution in [0.1, 0.15) is 107 Å². The molecular formula is C26H42O2. The average Bonchev–Trinajstić information content (AvgIpc) is 3.36. The zero-order valence-electron chi connectivity index (χ0n) is 19.0. The summed E-state index contributed by atoms with van der Waals surface area (Å²) in [6.07, 6.45) is 13.6. The minimum atomic E-state index is -0.574. The molecule has 1 fully saturated rings. The molecule has 1 aromatic carbocycles. The maximum atomic E-state index is 11.3. The van der Waals surface area contributed by atoms with E-state index < -0.39 is 5.97 Å². The Bertz CT molecular complexity index is 647. The molecule has 0 aromatic heterocycles. The average molecular weight is 387 g/mol. The van der Waals surface area contributed by atoms with Crippen LogP contribution in [0.3, 0.4) is 0 Å². The lowest BCUT2D eigenvalue weighted by Crippen LogP contribution is -2.14. The smallest absolute Gasteiger partial charge is 0.309 e. The summed E-state index contributed by atoms with van der Waals surface area (Å²) in [4.78, 5) is 11.3. The number of hydrogen-bond acceptors (Lipinski definition) is 1. The fourth-order valence-corrected chi connectivity index (χ4v) is 4.48. The Hall–Kier alpha value is -1.31. The Morgan fingerprint density at radius 1 is 0.964 bits per heavy atom. The topological polar surface area (TPSA) is 37.3 Å². The van der Waals surface area contributed by atoms with Crippen molar-refractivity contribution in [1.82, 2.24) is 0 Å². The monoisotopic (exact) mass is 386 g/mol. The van der Waals surface area contributed by atoms with Crippen LogP contribution in [0.15, 0.2) is 12.1 Å². The highest BCUT2D eigenvalue weighted by Crippen LogP contribution is 2.50. The van der Waals surface area contributed by atoms with Gasteiger partial charge in [-0.1, -0.05) is 64.2 Å². The zero-order chi connectivity index (χ0) is 20.8. The van der Waals surface area contributed by atoms with Crippen molar-refractivity contribution in [3.8, 4) is 0 Å². The summed E-state index contributed by atoms with van der Waals surface area (Å²) in [7, 11) is 0. The van der Waals surface area contributed by atoms with Crippen molar-refractivity contribution in [3.05, 3.63) is 34.4 Å². The van der Waals surface area contributed by atoms with Gasteiger partial charge in [-0.15, -0.1) is 0 Å². The van der Waals surface area contributed by atoms with Gasteiger partial charge in [-0.05, 0) is 87.3 Å². The van der Waals surface area contributed by atoms with Crippen LogP contribution in [0.5, 0.6) is 0 Å². The summed E-state index contributed by atoms with van der Waals surface area (Å²) in [5, 5.41) is 9.30. The quantitative estimate of drug-likeness (QED) is 0.379. The lowest BCUT2D eigenvalue weighted by Gasteiger charge is -2.18. The molecule has 0 unspecified atom stereocenters. The van der Waals surface area contributed by atoms with Gasteiger partial charge in [0.2, 0.25) is 0 Å². The standard InChI is InChI=1S/C26H42O2/c1-20-18-21(2)23(13-9-7-10-14-25(3,4)5)22(19-20)12-8-6-11-15-26(16-17-26)24(27)28/h18-19H,6-17H2,1-5H3,(H,27,28). The van der Waals surface area contributed by atoms with E-state index in [1.807, 2.05) is 0 Å². The lowest BCUT2D eigenvalue weighted by atomic mass is 9.88. The summed E-state index contributed by atoms with van der Waals surface area (Å²) < 4.78 is 0. The van der Waals surface area contributed by atoms with Crippen molar-refractivity contribution in [2.45, 2.75) is 112 Å². The Morgan fingerprint density at radius 3 is 2.21 bits per heavy atom. The first-order chi connectivity index (χ1) is 13.1. The van der Waals surface area contributed by atoms with Gasteiger partial charge in [0.25, 0.3) is 0 Å². The van der Waals surface area contributed by atoms with Gasteiger partial charge in [0.05, 0.1) is 5.41 Å². The molecule has 1 aromatic rings. The second kappa shape index (κ2) is 9.94. The van der Waals surface area contributed by atoms with E-state index in [-0.39, 0.29) is 5.41 Å². The maximum absolute atomic E-state index is 11.3. The SMILES string of the molecule is Cc1cc(C)c(CCCCCC(C)(C)C)c(CCCCCC2(C(=O)O)CC2)c1. The van der Waals surface area contributed by atoms with Crippen LogP contribution in [-0.4, -0.2) is 11.1 Å². The first kappa shape index (κ1) is 23.0. The molecule has 28 heavy (non-hydrogen) atoms. The normalized spacial score (nSPS) is 15.6. The largest absolute Gasteiger partial charge is 0.481 e. The highest BCUT2D eigenvalue weighted by molar-refractivity contribution is 5.77. The van der Waals surface area contributed by atoms with Gasteiger partial charge in [-0.25, -0.2) is 0 Å². The Kier molecular flexibility index (Phi) is 8.16. The van der Waals surface area contributed by atoms with Crippen LogP contribution in [0, 0.1) is 24.7 Å². The summed E-state index contributed by atoms with van der Waals surface area (Å²) in [5.74, 6) is -0.574. The van der Waals surface area contributed by atoms with E-state index >= 15 is 0 Å². The second-order valence-electron chi connectivity index (χ2n) is 10.5. The van der Waals surface area contributed by atoms with Crippen LogP contribution in [0.4, 0.5) is 0 Å². The third-order valence-electron chi connectivity index (χ3n) is 6.47. The van der Waals surface area contributed by atoms with E-state index in [1.54, 1.807) is 5.56 Å². The molecule has 0 bridgehead atoms. The van der Waals surface area contributed by atoms with E-state index in [9.17, 15) is 9.90 Å². The summed E-state index contributed by atoms with van der Waals surface area (Å²) >= 11 is 0. The molecule has 0 radical (unpaired) electrons. The Labute approximate surface area is 173 Å². The number of carbonyl (C=O) groups is 1. The molecule has 0 atom stereocenters. The molecule has 2 heteroatoms. The summed E-state index contributed by atoms with van der Waals surface area (Å²) in [6, 6.07) is 4.72. The number of unbranched alkanes of at least 4 members (excludes halogenated alkanes) is 4. The molecule has 0 heterocycles. The number of benzene rings is 1. The lowest BCUT2D eigenvalue weighted by molar-refractivity contribution is -0.143. The van der Waals surface area contributed by atoms with Crippen LogP contribution in [-0.2, 0) is 17.6 Å². The molecular weight excluding hydrogens is 344 g/mol. The van der Waals surface area contributed by atoms with E-state index in [4.69, 9.17) is 0 Å². The Balaban J connectivity index is 1.79. The second-order valence-corrected chi connectivity index (χ2v) is 10.5.